The Morgan fingerprint density at radius 1 is 0.943 bits per heavy atom. The molecule has 0 radical (unpaired) electrons. The lowest BCUT2D eigenvalue weighted by Gasteiger charge is -2.27. The fraction of sp³-hybridized carbons (Fsp3) is 0.154. The van der Waals surface area contributed by atoms with Crippen LogP contribution < -0.4 is 10.1 Å². The van der Waals surface area contributed by atoms with E-state index in [-0.39, 0.29) is 22.9 Å². The number of benzene rings is 3. The molecule has 4 rings (SSSR count). The monoisotopic (exact) mass is 473 g/mol. The van der Waals surface area contributed by atoms with Crippen molar-refractivity contribution in [2.45, 2.75) is 0 Å². The first kappa shape index (κ1) is 23.7. The predicted octanol–water partition coefficient (Wildman–Crippen LogP) is 4.02. The van der Waals surface area contributed by atoms with Gasteiger partial charge in [-0.2, -0.15) is 0 Å². The third-order valence-electron chi connectivity index (χ3n) is 5.27. The molecule has 0 saturated carbocycles. The van der Waals surface area contributed by atoms with Gasteiger partial charge in [-0.3, -0.25) is 19.7 Å². The molecule has 0 aliphatic carbocycles. The zero-order chi connectivity index (χ0) is 24.6. The second-order valence-electron chi connectivity index (χ2n) is 7.71. The number of carbonyl (C=O) groups is 2. The van der Waals surface area contributed by atoms with Crippen molar-refractivity contribution >= 4 is 23.6 Å². The minimum absolute atomic E-state index is 0.0760. The Balaban J connectivity index is 1.60. The molecule has 9 nitrogen and oxygen atoms in total. The molecule has 3 aromatic rings. The summed E-state index contributed by atoms with van der Waals surface area (Å²) in [6.07, 6.45) is 1.58. The number of para-hydroxylation sites is 1. The van der Waals surface area contributed by atoms with Gasteiger partial charge in [0.05, 0.1) is 18.1 Å². The Bertz CT molecular complexity index is 1240. The number of nitrogens with zero attached hydrogens (tertiary/aromatic N) is 2. The maximum atomic E-state index is 13.3. The molecule has 9 heteroatoms. The van der Waals surface area contributed by atoms with Crippen LogP contribution in [0.25, 0.3) is 6.08 Å². The molecule has 0 aromatic heterocycles. The van der Waals surface area contributed by atoms with Crippen LogP contribution >= 0.6 is 0 Å². The van der Waals surface area contributed by atoms with Crippen molar-refractivity contribution in [1.29, 1.82) is 0 Å². The number of nitro groups is 1. The number of carbonyl (C=O) groups excluding carboxylic acids is 2. The van der Waals surface area contributed by atoms with Crippen LogP contribution in [-0.2, 0) is 9.53 Å². The molecule has 1 aliphatic rings. The van der Waals surface area contributed by atoms with Crippen LogP contribution in [0.5, 0.6) is 11.5 Å². The summed E-state index contributed by atoms with van der Waals surface area (Å²) in [6, 6.07) is 21.6. The summed E-state index contributed by atoms with van der Waals surface area (Å²) < 4.78 is 11.2. The molecule has 0 bridgehead atoms. The van der Waals surface area contributed by atoms with Crippen LogP contribution in [0.15, 0.2) is 84.6 Å². The number of morpholine rings is 1. The van der Waals surface area contributed by atoms with Gasteiger partial charge in [-0.25, -0.2) is 0 Å². The number of amides is 2. The van der Waals surface area contributed by atoms with Crippen LogP contribution in [-0.4, -0.2) is 47.9 Å². The van der Waals surface area contributed by atoms with Gasteiger partial charge in [-0.1, -0.05) is 30.3 Å². The highest BCUT2D eigenvalue weighted by molar-refractivity contribution is 6.05. The Morgan fingerprint density at radius 3 is 2.31 bits per heavy atom. The van der Waals surface area contributed by atoms with Crippen LogP contribution in [0.1, 0.15) is 15.9 Å². The van der Waals surface area contributed by atoms with E-state index in [1.165, 1.54) is 24.3 Å². The molecule has 1 fully saturated rings. The third-order valence-corrected chi connectivity index (χ3v) is 5.27. The van der Waals surface area contributed by atoms with E-state index < -0.39 is 10.8 Å². The molecule has 0 unspecified atom stereocenters. The second-order valence-corrected chi connectivity index (χ2v) is 7.71. The number of nitrogens with one attached hydrogen (secondary N) is 1. The van der Waals surface area contributed by atoms with Crippen molar-refractivity contribution in [3.8, 4) is 11.5 Å². The summed E-state index contributed by atoms with van der Waals surface area (Å²) in [4.78, 5) is 38.1. The summed E-state index contributed by atoms with van der Waals surface area (Å²) in [6.45, 7) is 1.63. The van der Waals surface area contributed by atoms with E-state index in [1.54, 1.807) is 35.2 Å². The Morgan fingerprint density at radius 2 is 1.63 bits per heavy atom. The highest BCUT2D eigenvalue weighted by Gasteiger charge is 2.23. The van der Waals surface area contributed by atoms with E-state index in [2.05, 4.69) is 5.32 Å². The van der Waals surface area contributed by atoms with Gasteiger partial charge in [-0.05, 0) is 48.0 Å². The number of non-ortho nitro benzene ring substituents is 1. The van der Waals surface area contributed by atoms with Gasteiger partial charge in [-0.15, -0.1) is 0 Å². The van der Waals surface area contributed by atoms with E-state index in [0.29, 0.717) is 43.4 Å². The zero-order valence-electron chi connectivity index (χ0n) is 18.8. The quantitative estimate of drug-likeness (QED) is 0.315. The number of ether oxygens (including phenoxy) is 2. The lowest BCUT2D eigenvalue weighted by molar-refractivity contribution is -0.384. The van der Waals surface area contributed by atoms with Gasteiger partial charge in [0.2, 0.25) is 0 Å². The molecule has 3 aromatic carbocycles. The van der Waals surface area contributed by atoms with Crippen molar-refractivity contribution in [2.75, 3.05) is 26.3 Å². The molecule has 0 atom stereocenters. The summed E-state index contributed by atoms with van der Waals surface area (Å²) >= 11 is 0. The first-order chi connectivity index (χ1) is 17.0. The highest BCUT2D eigenvalue weighted by atomic mass is 16.6. The lowest BCUT2D eigenvalue weighted by atomic mass is 10.1. The molecule has 35 heavy (non-hydrogen) atoms. The molecule has 178 valence electrons. The fourth-order valence-corrected chi connectivity index (χ4v) is 3.48. The van der Waals surface area contributed by atoms with Crippen LogP contribution in [0.3, 0.4) is 0 Å². The van der Waals surface area contributed by atoms with E-state index in [0.717, 1.165) is 0 Å². The Hall–Kier alpha value is -4.50. The molecule has 1 heterocycles. The smallest absolute Gasteiger partial charge is 0.270 e. The third kappa shape index (κ3) is 6.30. The summed E-state index contributed by atoms with van der Waals surface area (Å²) in [5, 5.41) is 13.6. The molecular weight excluding hydrogens is 450 g/mol. The molecule has 1 saturated heterocycles. The number of nitro benzene ring substituents is 1. The normalized spacial score (nSPS) is 13.7. The molecule has 1 aliphatic heterocycles. The van der Waals surface area contributed by atoms with Crippen molar-refractivity contribution < 1.29 is 24.0 Å². The number of hydrogen-bond acceptors (Lipinski definition) is 6. The van der Waals surface area contributed by atoms with Crippen LogP contribution in [0.2, 0.25) is 0 Å². The summed E-state index contributed by atoms with van der Waals surface area (Å²) in [5.74, 6) is 0.344. The molecule has 1 N–H and O–H groups in total. The average Bonchev–Trinajstić information content (AvgIpc) is 2.89. The predicted molar refractivity (Wildman–Crippen MR) is 129 cm³/mol. The van der Waals surface area contributed by atoms with E-state index >= 15 is 0 Å². The average molecular weight is 473 g/mol. The van der Waals surface area contributed by atoms with Crippen molar-refractivity contribution in [2.24, 2.45) is 0 Å². The maximum absolute atomic E-state index is 13.3. The largest absolute Gasteiger partial charge is 0.457 e. The van der Waals surface area contributed by atoms with E-state index in [9.17, 15) is 19.7 Å². The minimum Gasteiger partial charge on any atom is -0.457 e. The SMILES string of the molecule is O=C(NC(=Cc1cccc(Oc2ccccc2)c1)C(=O)N1CCOCC1)c1ccc([N+](=O)[O-])cc1. The van der Waals surface area contributed by atoms with Gasteiger partial charge in [0.15, 0.2) is 0 Å². The minimum atomic E-state index is -0.551. The standard InChI is InChI=1S/C26H23N3O6/c30-25(20-9-11-21(12-10-20)29(32)33)27-24(26(31)28-13-15-34-16-14-28)18-19-5-4-8-23(17-19)35-22-6-2-1-3-7-22/h1-12,17-18H,13-16H2,(H,27,30). The maximum Gasteiger partial charge on any atom is 0.270 e. The van der Waals surface area contributed by atoms with Crippen molar-refractivity contribution in [3.05, 3.63) is 106 Å². The highest BCUT2D eigenvalue weighted by Crippen LogP contribution is 2.23. The number of hydrogen-bond donors (Lipinski definition) is 1. The van der Waals surface area contributed by atoms with Crippen molar-refractivity contribution in [3.63, 3.8) is 0 Å². The van der Waals surface area contributed by atoms with Gasteiger partial charge >= 0.3 is 0 Å². The van der Waals surface area contributed by atoms with Crippen molar-refractivity contribution in [1.82, 2.24) is 10.2 Å². The molecule has 2 amide bonds. The van der Waals surface area contributed by atoms with Gasteiger partial charge in [0.1, 0.15) is 17.2 Å². The molecular formula is C26H23N3O6. The fourth-order valence-electron chi connectivity index (χ4n) is 3.48. The second kappa shape index (κ2) is 11.1. The number of rotatable bonds is 7. The van der Waals surface area contributed by atoms with Crippen LogP contribution in [0, 0.1) is 10.1 Å². The first-order valence-corrected chi connectivity index (χ1v) is 11.0. The van der Waals surface area contributed by atoms with Gasteiger partial charge < -0.3 is 19.7 Å². The summed E-state index contributed by atoms with van der Waals surface area (Å²) in [7, 11) is 0. The Labute approximate surface area is 201 Å². The van der Waals surface area contributed by atoms with E-state index in [1.807, 2.05) is 30.3 Å². The van der Waals surface area contributed by atoms with Gasteiger partial charge in [0.25, 0.3) is 17.5 Å². The summed E-state index contributed by atoms with van der Waals surface area (Å²) in [5.41, 5.74) is 0.792. The lowest BCUT2D eigenvalue weighted by Crippen LogP contribution is -2.44. The Kier molecular flexibility index (Phi) is 7.49. The topological polar surface area (TPSA) is 111 Å². The molecule has 0 spiro atoms. The van der Waals surface area contributed by atoms with E-state index in [4.69, 9.17) is 9.47 Å². The first-order valence-electron chi connectivity index (χ1n) is 11.0. The van der Waals surface area contributed by atoms with Gasteiger partial charge in [0, 0.05) is 30.8 Å². The van der Waals surface area contributed by atoms with Crippen LogP contribution in [0.4, 0.5) is 5.69 Å². The zero-order valence-corrected chi connectivity index (χ0v) is 18.8.